The number of ether oxygens (including phenoxy) is 1. The van der Waals surface area contributed by atoms with Gasteiger partial charge in [0.2, 0.25) is 16.4 Å². The summed E-state index contributed by atoms with van der Waals surface area (Å²) in [6, 6.07) is 0. The van der Waals surface area contributed by atoms with Crippen LogP contribution in [-0.2, 0) is 12.4 Å². The summed E-state index contributed by atoms with van der Waals surface area (Å²) in [6.07, 6.45) is -7.95. The van der Waals surface area contributed by atoms with Crippen molar-refractivity contribution in [3.8, 4) is 5.88 Å². The van der Waals surface area contributed by atoms with E-state index in [9.17, 15) is 26.3 Å². The molecule has 0 spiro atoms. The van der Waals surface area contributed by atoms with Crippen molar-refractivity contribution in [3.63, 3.8) is 0 Å². The van der Waals surface area contributed by atoms with Gasteiger partial charge in [0.1, 0.15) is 16.3 Å². The van der Waals surface area contributed by atoms with E-state index in [2.05, 4.69) is 24.7 Å². The fourth-order valence-electron chi connectivity index (χ4n) is 1.23. The van der Waals surface area contributed by atoms with Crippen LogP contribution in [0.3, 0.4) is 0 Å². The highest BCUT2D eigenvalue weighted by molar-refractivity contribution is 6.32. The van der Waals surface area contributed by atoms with E-state index in [-0.39, 0.29) is 10.6 Å². The number of hydrogen-bond donors (Lipinski definition) is 0. The van der Waals surface area contributed by atoms with Gasteiger partial charge < -0.3 is 4.74 Å². The molecule has 0 aliphatic heterocycles. The van der Waals surface area contributed by atoms with E-state index < -0.39 is 34.5 Å². The van der Waals surface area contributed by atoms with Crippen molar-refractivity contribution < 1.29 is 31.1 Å². The van der Waals surface area contributed by atoms with Crippen LogP contribution in [0.25, 0.3) is 0 Å². The molecule has 138 valence electrons. The fraction of sp³-hybridized carbons (Fsp3) is 0.273. The zero-order chi connectivity index (χ0) is 19.4. The predicted molar refractivity (Wildman–Crippen MR) is 75.6 cm³/mol. The first-order valence-electron chi connectivity index (χ1n) is 5.75. The molecule has 0 atom stereocenters. The third-order valence-electron chi connectivity index (χ3n) is 2.24. The molecule has 0 bridgehead atoms. The molecule has 2 aromatic heterocycles. The number of hydrogen-bond acceptors (Lipinski definition) is 5. The molecule has 0 N–H and O–H groups in total. The van der Waals surface area contributed by atoms with Gasteiger partial charge in [-0.2, -0.15) is 31.3 Å². The quantitative estimate of drug-likeness (QED) is 0.364. The van der Waals surface area contributed by atoms with Gasteiger partial charge in [-0.25, -0.2) is 15.0 Å². The fourth-order valence-corrected chi connectivity index (χ4v) is 1.77. The SMILES string of the molecule is COc1nc(Cl)ncc1C(F)(F)F.FC(F)(F)c1cnc(Cl)nc1Cl. The van der Waals surface area contributed by atoms with Gasteiger partial charge in [0, 0.05) is 12.4 Å². The highest BCUT2D eigenvalue weighted by atomic mass is 35.5. The monoisotopic (exact) mass is 428 g/mol. The Labute approximate surface area is 150 Å². The minimum Gasteiger partial charge on any atom is -0.480 e. The molecule has 2 rings (SSSR count). The summed E-state index contributed by atoms with van der Waals surface area (Å²) in [6.45, 7) is 0. The van der Waals surface area contributed by atoms with Gasteiger partial charge in [0.25, 0.3) is 0 Å². The number of alkyl halides is 6. The summed E-state index contributed by atoms with van der Waals surface area (Å²) in [5.74, 6) is -0.576. The Morgan fingerprint density at radius 2 is 1.24 bits per heavy atom. The van der Waals surface area contributed by atoms with Crippen LogP contribution in [0.15, 0.2) is 12.4 Å². The van der Waals surface area contributed by atoms with E-state index in [4.69, 9.17) is 34.8 Å². The van der Waals surface area contributed by atoms with Crippen LogP contribution in [0.5, 0.6) is 5.88 Å². The minimum atomic E-state index is -4.54. The van der Waals surface area contributed by atoms with E-state index in [0.29, 0.717) is 12.4 Å². The van der Waals surface area contributed by atoms with Gasteiger partial charge in [-0.3, -0.25) is 0 Å². The van der Waals surface area contributed by atoms with Crippen molar-refractivity contribution in [1.82, 2.24) is 19.9 Å². The van der Waals surface area contributed by atoms with Gasteiger partial charge >= 0.3 is 12.4 Å². The van der Waals surface area contributed by atoms with E-state index >= 15 is 0 Å². The Morgan fingerprint density at radius 1 is 0.800 bits per heavy atom. The molecule has 0 saturated heterocycles. The number of aromatic nitrogens is 4. The molecule has 5 nitrogen and oxygen atoms in total. The summed E-state index contributed by atoms with van der Waals surface area (Å²) in [5, 5.41) is -1.29. The average molecular weight is 430 g/mol. The molecular formula is C11H5Cl3F6N4O. The number of nitrogens with zero attached hydrogens (tertiary/aromatic N) is 4. The second-order valence-electron chi connectivity index (χ2n) is 3.90. The maximum atomic E-state index is 12.2. The van der Waals surface area contributed by atoms with Crippen molar-refractivity contribution in [2.24, 2.45) is 0 Å². The average Bonchev–Trinajstić information content (AvgIpc) is 2.44. The predicted octanol–water partition coefficient (Wildman–Crippen LogP) is 4.96. The second-order valence-corrected chi connectivity index (χ2v) is 4.94. The largest absolute Gasteiger partial charge is 0.480 e. The second kappa shape index (κ2) is 8.19. The van der Waals surface area contributed by atoms with Crippen LogP contribution >= 0.6 is 34.8 Å². The van der Waals surface area contributed by atoms with Crippen LogP contribution in [-0.4, -0.2) is 27.0 Å². The minimum absolute atomic E-state index is 0.287. The van der Waals surface area contributed by atoms with E-state index in [1.807, 2.05) is 0 Å². The third kappa shape index (κ3) is 6.33. The maximum Gasteiger partial charge on any atom is 0.423 e. The summed E-state index contributed by atoms with van der Waals surface area (Å²) in [7, 11) is 1.08. The van der Waals surface area contributed by atoms with Crippen LogP contribution in [0.4, 0.5) is 26.3 Å². The standard InChI is InChI=1S/C6H4ClF3N2O.C5HCl2F3N2/c1-13-4-3(6(8,9)10)2-11-5(7)12-4;6-3-2(5(8,9)10)1-11-4(7)12-3/h2H,1H3;1H. The topological polar surface area (TPSA) is 60.8 Å². The summed E-state index contributed by atoms with van der Waals surface area (Å²) in [4.78, 5) is 12.8. The van der Waals surface area contributed by atoms with Crippen molar-refractivity contribution in [3.05, 3.63) is 39.2 Å². The van der Waals surface area contributed by atoms with Gasteiger partial charge in [0.15, 0.2) is 0 Å². The molecular weight excluding hydrogens is 424 g/mol. The summed E-state index contributed by atoms with van der Waals surface area (Å²) in [5.41, 5.74) is -2.13. The zero-order valence-corrected chi connectivity index (χ0v) is 14.0. The smallest absolute Gasteiger partial charge is 0.423 e. The summed E-state index contributed by atoms with van der Waals surface area (Å²) < 4.78 is 76.8. The molecule has 0 aliphatic carbocycles. The molecule has 25 heavy (non-hydrogen) atoms. The number of methoxy groups -OCH3 is 1. The van der Waals surface area contributed by atoms with E-state index in [1.54, 1.807) is 0 Å². The van der Waals surface area contributed by atoms with Crippen molar-refractivity contribution >= 4 is 34.8 Å². The lowest BCUT2D eigenvalue weighted by molar-refractivity contribution is -0.139. The first-order valence-corrected chi connectivity index (χ1v) is 6.88. The molecule has 2 aromatic rings. The van der Waals surface area contributed by atoms with Gasteiger partial charge in [-0.05, 0) is 23.2 Å². The highest BCUT2D eigenvalue weighted by Crippen LogP contribution is 2.35. The molecule has 0 fully saturated rings. The lowest BCUT2D eigenvalue weighted by atomic mass is 10.3. The van der Waals surface area contributed by atoms with Gasteiger partial charge in [-0.1, -0.05) is 11.6 Å². The molecule has 0 unspecified atom stereocenters. The van der Waals surface area contributed by atoms with Crippen molar-refractivity contribution in [1.29, 1.82) is 0 Å². The Balaban J connectivity index is 0.000000251. The van der Waals surface area contributed by atoms with Crippen LogP contribution < -0.4 is 4.74 Å². The lowest BCUT2D eigenvalue weighted by Crippen LogP contribution is -2.09. The Hall–Kier alpha value is -1.59. The Bertz CT molecular complexity index is 741. The van der Waals surface area contributed by atoms with Crippen LogP contribution in [0.2, 0.25) is 15.7 Å². The molecule has 14 heteroatoms. The highest BCUT2D eigenvalue weighted by Gasteiger charge is 2.36. The zero-order valence-electron chi connectivity index (χ0n) is 11.8. The van der Waals surface area contributed by atoms with E-state index in [0.717, 1.165) is 7.11 Å². The molecule has 0 saturated carbocycles. The third-order valence-corrected chi connectivity index (χ3v) is 2.89. The Morgan fingerprint density at radius 3 is 1.64 bits per heavy atom. The Kier molecular flexibility index (Phi) is 7.03. The molecule has 0 aromatic carbocycles. The van der Waals surface area contributed by atoms with E-state index in [1.165, 1.54) is 0 Å². The summed E-state index contributed by atoms with van der Waals surface area (Å²) >= 11 is 15.6. The van der Waals surface area contributed by atoms with Crippen LogP contribution in [0, 0.1) is 0 Å². The molecule has 2 heterocycles. The molecule has 0 radical (unpaired) electrons. The first-order chi connectivity index (χ1) is 11.4. The molecule has 0 aliphatic rings. The van der Waals surface area contributed by atoms with Crippen molar-refractivity contribution in [2.75, 3.05) is 7.11 Å². The lowest BCUT2D eigenvalue weighted by Gasteiger charge is -2.09. The molecule has 0 amide bonds. The van der Waals surface area contributed by atoms with Gasteiger partial charge in [0.05, 0.1) is 7.11 Å². The van der Waals surface area contributed by atoms with Gasteiger partial charge in [-0.15, -0.1) is 0 Å². The number of halogens is 9. The maximum absolute atomic E-state index is 12.2. The van der Waals surface area contributed by atoms with Crippen molar-refractivity contribution in [2.45, 2.75) is 12.4 Å². The van der Waals surface area contributed by atoms with Crippen LogP contribution in [0.1, 0.15) is 11.1 Å². The number of rotatable bonds is 1. The first kappa shape index (κ1) is 21.5. The normalized spacial score (nSPS) is 11.6.